The van der Waals surface area contributed by atoms with Gasteiger partial charge in [0.15, 0.2) is 0 Å². The van der Waals surface area contributed by atoms with Gasteiger partial charge in [0.1, 0.15) is 17.2 Å². The summed E-state index contributed by atoms with van der Waals surface area (Å²) in [6, 6.07) is 6.60. The Balaban J connectivity index is 0.000000160. The third-order valence-electron chi connectivity index (χ3n) is 4.96. The molecule has 1 spiro atoms. The highest BCUT2D eigenvalue weighted by molar-refractivity contribution is 7.80. The van der Waals surface area contributed by atoms with E-state index in [0.717, 1.165) is 41.7 Å². The second-order valence-corrected chi connectivity index (χ2v) is 6.96. The van der Waals surface area contributed by atoms with E-state index >= 15 is 0 Å². The Morgan fingerprint density at radius 3 is 2.46 bits per heavy atom. The number of nitrogens with two attached hydrogens (primary N) is 1. The molecule has 2 heterocycles. The quantitative estimate of drug-likeness (QED) is 0.465. The van der Waals surface area contributed by atoms with E-state index < -0.39 is 22.7 Å². The molecular weight excluding hydrogens is 362 g/mol. The molecule has 1 saturated carbocycles. The highest BCUT2D eigenvalue weighted by Gasteiger charge is 2.53. The van der Waals surface area contributed by atoms with Gasteiger partial charge in [0, 0.05) is 16.6 Å². The Kier molecular flexibility index (Phi) is 3.69. The maximum atomic E-state index is 12.3. The molecule has 3 aromatic rings. The van der Waals surface area contributed by atoms with Crippen molar-refractivity contribution in [2.45, 2.75) is 29.6 Å². The molecule has 0 amide bonds. The number of hydrogen-bond acceptors (Lipinski definition) is 5. The highest BCUT2D eigenvalue weighted by Crippen LogP contribution is 2.51. The van der Waals surface area contributed by atoms with Crippen LogP contribution in [0.5, 0.6) is 0 Å². The van der Waals surface area contributed by atoms with E-state index in [2.05, 4.69) is 12.6 Å². The molecule has 2 aromatic carbocycles. The van der Waals surface area contributed by atoms with Gasteiger partial charge >= 0.3 is 5.63 Å². The molecule has 0 atom stereocenters. The van der Waals surface area contributed by atoms with Crippen LogP contribution in [0.4, 0.5) is 14.5 Å². The molecule has 1 aliphatic carbocycles. The Labute approximate surface area is 151 Å². The summed E-state index contributed by atoms with van der Waals surface area (Å²) in [5.74, 6) is -1.32. The Hall–Kier alpha value is -2.61. The normalized spacial score (nSPS) is 16.5. The molecule has 1 aromatic heterocycles. The number of benzene rings is 2. The molecule has 26 heavy (non-hydrogen) atoms. The summed E-state index contributed by atoms with van der Waals surface area (Å²) in [6.07, 6.45) is 2.66. The molecule has 1 aliphatic heterocycles. The first-order valence-corrected chi connectivity index (χ1v) is 8.43. The highest BCUT2D eigenvalue weighted by atomic mass is 32.1. The zero-order valence-electron chi connectivity index (χ0n) is 13.5. The third kappa shape index (κ3) is 2.28. The van der Waals surface area contributed by atoms with Crippen molar-refractivity contribution in [1.29, 1.82) is 0 Å². The maximum Gasteiger partial charge on any atom is 0.366 e. The van der Waals surface area contributed by atoms with Crippen LogP contribution in [0.25, 0.3) is 10.9 Å². The predicted octanol–water partition coefficient (Wildman–Crippen LogP) is 3.51. The van der Waals surface area contributed by atoms with Gasteiger partial charge in [-0.25, -0.2) is 13.6 Å². The summed E-state index contributed by atoms with van der Waals surface area (Å²) >= 11 is 3.70. The second kappa shape index (κ2) is 5.70. The maximum absolute atomic E-state index is 12.3. The SMILES string of the molecule is Fc1ccc(S)c(F)c1.Nc1cc2c3c(c1)c(=O)on3C(=O)C21CCC1. The molecule has 1 fully saturated rings. The van der Waals surface area contributed by atoms with Crippen LogP contribution in [-0.2, 0) is 5.41 Å². The molecule has 0 radical (unpaired) electrons. The van der Waals surface area contributed by atoms with Crippen LogP contribution in [0.2, 0.25) is 0 Å². The van der Waals surface area contributed by atoms with Gasteiger partial charge in [-0.2, -0.15) is 0 Å². The number of hydrogen-bond donors (Lipinski definition) is 2. The average molecular weight is 376 g/mol. The molecule has 134 valence electrons. The van der Waals surface area contributed by atoms with E-state index in [1.165, 1.54) is 6.07 Å². The van der Waals surface area contributed by atoms with E-state index in [4.69, 9.17) is 10.3 Å². The van der Waals surface area contributed by atoms with Crippen LogP contribution >= 0.6 is 12.6 Å². The topological polar surface area (TPSA) is 78.2 Å². The summed E-state index contributed by atoms with van der Waals surface area (Å²) in [5.41, 5.74) is 6.84. The smallest absolute Gasteiger partial charge is 0.366 e. The number of carbonyl (C=O) groups excluding carboxylic acids is 1. The fraction of sp³-hybridized carbons (Fsp3) is 0.222. The molecule has 5 nitrogen and oxygen atoms in total. The van der Waals surface area contributed by atoms with Crippen molar-refractivity contribution >= 4 is 35.1 Å². The van der Waals surface area contributed by atoms with Crippen molar-refractivity contribution in [2.24, 2.45) is 0 Å². The zero-order chi connectivity index (χ0) is 18.6. The number of aromatic nitrogens is 1. The van der Waals surface area contributed by atoms with Crippen molar-refractivity contribution in [3.63, 3.8) is 0 Å². The number of fused-ring (bicyclic) bond motifs is 1. The summed E-state index contributed by atoms with van der Waals surface area (Å²) in [4.78, 5) is 24.1. The predicted molar refractivity (Wildman–Crippen MR) is 94.7 cm³/mol. The lowest BCUT2D eigenvalue weighted by molar-refractivity contribution is 0.0609. The van der Waals surface area contributed by atoms with Crippen molar-refractivity contribution in [1.82, 2.24) is 4.74 Å². The minimum atomic E-state index is -0.627. The molecule has 2 aliphatic rings. The molecular formula is C18H14F2N2O3S. The first-order valence-electron chi connectivity index (χ1n) is 7.98. The summed E-state index contributed by atoms with van der Waals surface area (Å²) in [7, 11) is 0. The van der Waals surface area contributed by atoms with Gasteiger partial charge in [0.2, 0.25) is 0 Å². The lowest BCUT2D eigenvalue weighted by atomic mass is 9.65. The third-order valence-corrected chi connectivity index (χ3v) is 5.32. The number of nitrogens with zero attached hydrogens (tertiary/aromatic N) is 1. The molecule has 0 unspecified atom stereocenters. The number of halogens is 2. The molecule has 0 bridgehead atoms. The van der Waals surface area contributed by atoms with Crippen molar-refractivity contribution in [3.8, 4) is 0 Å². The van der Waals surface area contributed by atoms with Gasteiger partial charge in [0.05, 0.1) is 10.8 Å². The Bertz CT molecular complexity index is 1120. The Morgan fingerprint density at radius 2 is 1.88 bits per heavy atom. The van der Waals surface area contributed by atoms with Crippen molar-refractivity contribution < 1.29 is 18.1 Å². The van der Waals surface area contributed by atoms with Crippen LogP contribution in [-0.4, -0.2) is 10.6 Å². The summed E-state index contributed by atoms with van der Waals surface area (Å²) < 4.78 is 30.5. The van der Waals surface area contributed by atoms with Crippen LogP contribution in [0.1, 0.15) is 29.6 Å². The van der Waals surface area contributed by atoms with Crippen molar-refractivity contribution in [3.05, 3.63) is 57.9 Å². The standard InChI is InChI=1S/C12H10N2O3.C6H4F2S/c13-6-4-7-9-8(5-6)12(2-1-3-12)11(16)14(9)17-10(7)15;7-4-1-2-6(9)5(8)3-4/h4-5H,1-3,13H2;1-3,9H. The minimum absolute atomic E-state index is 0.114. The van der Waals surface area contributed by atoms with E-state index in [9.17, 15) is 18.4 Å². The van der Waals surface area contributed by atoms with E-state index in [1.54, 1.807) is 12.1 Å². The number of anilines is 1. The van der Waals surface area contributed by atoms with Gasteiger partial charge in [-0.15, -0.1) is 17.4 Å². The fourth-order valence-electron chi connectivity index (χ4n) is 3.52. The summed E-state index contributed by atoms with van der Waals surface area (Å²) in [5, 5.41) is 0.414. The second-order valence-electron chi connectivity index (χ2n) is 6.47. The lowest BCUT2D eigenvalue weighted by Crippen LogP contribution is -2.41. The number of rotatable bonds is 0. The number of carbonyl (C=O) groups is 1. The van der Waals surface area contributed by atoms with Crippen LogP contribution in [0.15, 0.2) is 44.5 Å². The van der Waals surface area contributed by atoms with Gasteiger partial charge in [-0.05, 0) is 42.7 Å². The largest absolute Gasteiger partial charge is 0.399 e. The van der Waals surface area contributed by atoms with Crippen LogP contribution < -0.4 is 11.4 Å². The molecule has 8 heteroatoms. The molecule has 2 N–H and O–H groups in total. The van der Waals surface area contributed by atoms with Crippen LogP contribution in [0, 0.1) is 11.6 Å². The molecule has 5 rings (SSSR count). The Morgan fingerprint density at radius 1 is 1.15 bits per heavy atom. The van der Waals surface area contributed by atoms with Gasteiger partial charge < -0.3 is 10.3 Å². The van der Waals surface area contributed by atoms with Gasteiger partial charge in [0.25, 0.3) is 5.91 Å². The minimum Gasteiger partial charge on any atom is -0.399 e. The number of nitrogen functional groups attached to an aromatic ring is 1. The average Bonchev–Trinajstić information content (AvgIpc) is 2.99. The van der Waals surface area contributed by atoms with Crippen molar-refractivity contribution in [2.75, 3.05) is 5.73 Å². The number of thiol groups is 1. The lowest BCUT2D eigenvalue weighted by Gasteiger charge is -2.36. The van der Waals surface area contributed by atoms with Gasteiger partial charge in [-0.3, -0.25) is 4.79 Å². The monoisotopic (exact) mass is 376 g/mol. The van der Waals surface area contributed by atoms with Gasteiger partial charge in [-0.1, -0.05) is 6.42 Å². The van der Waals surface area contributed by atoms with E-state index in [-0.39, 0.29) is 10.8 Å². The fourth-order valence-corrected chi connectivity index (χ4v) is 3.66. The first kappa shape index (κ1) is 16.8. The molecule has 0 saturated heterocycles. The van der Waals surface area contributed by atoms with E-state index in [1.807, 2.05) is 0 Å². The first-order chi connectivity index (χ1) is 12.3. The van der Waals surface area contributed by atoms with Crippen LogP contribution in [0.3, 0.4) is 0 Å². The van der Waals surface area contributed by atoms with E-state index in [0.29, 0.717) is 16.6 Å². The summed E-state index contributed by atoms with van der Waals surface area (Å²) in [6.45, 7) is 0. The zero-order valence-corrected chi connectivity index (χ0v) is 14.4.